The van der Waals surface area contributed by atoms with E-state index in [0.29, 0.717) is 12.1 Å². The molecule has 2 atom stereocenters. The van der Waals surface area contributed by atoms with Crippen molar-refractivity contribution >= 4 is 0 Å². The van der Waals surface area contributed by atoms with Crippen LogP contribution in [0.5, 0.6) is 0 Å². The zero-order valence-corrected chi connectivity index (χ0v) is 15.2. The van der Waals surface area contributed by atoms with Crippen LogP contribution in [-0.2, 0) is 0 Å². The lowest BCUT2D eigenvalue weighted by atomic mass is 9.88. The summed E-state index contributed by atoms with van der Waals surface area (Å²) in [6.45, 7) is 0. The molecule has 0 N–H and O–H groups in total. The largest absolute Gasteiger partial charge is 0.352 e. The fourth-order valence-corrected chi connectivity index (χ4v) is 4.15. The van der Waals surface area contributed by atoms with Crippen molar-refractivity contribution < 1.29 is 0 Å². The normalized spacial score (nSPS) is 26.4. The number of para-hydroxylation sites is 1. The van der Waals surface area contributed by atoms with Gasteiger partial charge < -0.3 is 0 Å². The number of hydrogen-bond acceptors (Lipinski definition) is 2. The second-order valence-electron chi connectivity index (χ2n) is 6.95. The molecule has 5 heteroatoms. The zero-order chi connectivity index (χ0) is 19.1. The van der Waals surface area contributed by atoms with Gasteiger partial charge in [-0.2, -0.15) is 0 Å². The van der Waals surface area contributed by atoms with Gasteiger partial charge in [0.1, 0.15) is 0 Å². The number of allylic oxidation sites excluding steroid dienone is 12. The fraction of sp³-hybridized carbons (Fsp3) is 0.130. The van der Waals surface area contributed by atoms with Gasteiger partial charge in [-0.05, 0) is 29.7 Å². The van der Waals surface area contributed by atoms with Crippen LogP contribution in [0, 0.1) is 0 Å². The van der Waals surface area contributed by atoms with Crippen LogP contribution in [0.2, 0.25) is 0 Å². The highest BCUT2D eigenvalue weighted by Gasteiger charge is 2.37. The molecular weight excluding hydrogens is 350 g/mol. The maximum absolute atomic E-state index is 13.4. The van der Waals surface area contributed by atoms with Crippen LogP contribution in [0.3, 0.4) is 0 Å². The number of aromatic nitrogens is 3. The molecule has 2 aliphatic carbocycles. The smallest absolute Gasteiger partial charge is 0.245 e. The topological polar surface area (TPSA) is 48.9 Å². The molecule has 0 radical (unpaired) electrons. The molecule has 5 rings (SSSR count). The molecule has 2 unspecified atom stereocenters. The molecule has 0 fully saturated rings. The second-order valence-corrected chi connectivity index (χ2v) is 6.95. The van der Waals surface area contributed by atoms with E-state index in [4.69, 9.17) is 0 Å². The van der Waals surface area contributed by atoms with Crippen molar-refractivity contribution in [3.8, 4) is 5.69 Å². The number of benzene rings is 1. The van der Waals surface area contributed by atoms with Crippen molar-refractivity contribution in [2.45, 2.75) is 18.5 Å². The zero-order valence-electron chi connectivity index (χ0n) is 15.2. The van der Waals surface area contributed by atoms with E-state index in [-0.39, 0.29) is 23.5 Å². The minimum absolute atomic E-state index is 0.228. The molecule has 0 spiro atoms. The lowest BCUT2D eigenvalue weighted by molar-refractivity contribution is 0.349. The summed E-state index contributed by atoms with van der Waals surface area (Å²) in [6, 6.07) is 8.56. The Morgan fingerprint density at radius 2 is 1.46 bits per heavy atom. The van der Waals surface area contributed by atoms with Crippen molar-refractivity contribution in [1.29, 1.82) is 0 Å². The molecule has 2 heterocycles. The summed E-state index contributed by atoms with van der Waals surface area (Å²) in [5, 5.41) is 0. The van der Waals surface area contributed by atoms with Crippen molar-refractivity contribution in [3.63, 3.8) is 0 Å². The molecule has 0 amide bonds. The van der Waals surface area contributed by atoms with Gasteiger partial charge in [-0.3, -0.25) is 0 Å². The molecule has 138 valence electrons. The Hall–Kier alpha value is -3.60. The Labute approximate surface area is 161 Å². The first-order valence-corrected chi connectivity index (χ1v) is 9.37. The van der Waals surface area contributed by atoms with Crippen molar-refractivity contribution in [3.05, 3.63) is 123 Å². The SMILES string of the molecule is O=c1n(-c2ccccc2)c(=O)n2n1C1C=CC=CC=C1/C1=C/C=C\C=C/CC12. The third-order valence-corrected chi connectivity index (χ3v) is 5.38. The van der Waals surface area contributed by atoms with Crippen LogP contribution >= 0.6 is 0 Å². The number of hydrogen-bond donors (Lipinski definition) is 0. The van der Waals surface area contributed by atoms with E-state index in [1.165, 1.54) is 4.57 Å². The molecule has 5 nitrogen and oxygen atoms in total. The van der Waals surface area contributed by atoms with E-state index in [2.05, 4.69) is 6.08 Å². The van der Waals surface area contributed by atoms with Crippen molar-refractivity contribution in [2.24, 2.45) is 0 Å². The van der Waals surface area contributed by atoms with Crippen LogP contribution in [0.1, 0.15) is 18.5 Å². The lowest BCUT2D eigenvalue weighted by Crippen LogP contribution is -2.39. The summed E-state index contributed by atoms with van der Waals surface area (Å²) in [4.78, 5) is 26.8. The molecule has 3 aliphatic rings. The predicted octanol–water partition coefficient (Wildman–Crippen LogP) is 3.39. The molecule has 0 bridgehead atoms. The Kier molecular flexibility index (Phi) is 3.86. The number of nitrogens with zero attached hydrogens (tertiary/aromatic N) is 3. The molecule has 0 saturated carbocycles. The summed E-state index contributed by atoms with van der Waals surface area (Å²) < 4.78 is 4.50. The first-order valence-electron chi connectivity index (χ1n) is 9.37. The standard InChI is InChI=1S/C23H19N3O2/c27-22-24(17-11-5-3-6-12-17)23(28)26-21-16-10-4-8-14-19(21)18-13-7-1-2-9-15-20(18)25(22)26/h1-14,16,20-21H,15H2/b7-1-,9-2-,18-13-. The van der Waals surface area contributed by atoms with Crippen LogP contribution in [-0.4, -0.2) is 13.9 Å². The summed E-state index contributed by atoms with van der Waals surface area (Å²) in [5.41, 5.74) is 2.06. The highest BCUT2D eigenvalue weighted by atomic mass is 16.2. The summed E-state index contributed by atoms with van der Waals surface area (Å²) in [7, 11) is 0. The summed E-state index contributed by atoms with van der Waals surface area (Å²) in [5.74, 6) is 0. The molecule has 1 aromatic heterocycles. The van der Waals surface area contributed by atoms with Crippen molar-refractivity contribution in [1.82, 2.24) is 13.9 Å². The van der Waals surface area contributed by atoms with E-state index >= 15 is 0 Å². The average Bonchev–Trinajstić information content (AvgIpc) is 2.84. The van der Waals surface area contributed by atoms with E-state index < -0.39 is 0 Å². The third kappa shape index (κ3) is 2.40. The number of fused-ring (bicyclic) bond motifs is 6. The quantitative estimate of drug-likeness (QED) is 0.774. The molecule has 1 aromatic carbocycles. The first kappa shape index (κ1) is 16.6. The van der Waals surface area contributed by atoms with Gasteiger partial charge in [0, 0.05) is 0 Å². The van der Waals surface area contributed by atoms with Gasteiger partial charge in [0.2, 0.25) is 0 Å². The van der Waals surface area contributed by atoms with Gasteiger partial charge in [-0.15, -0.1) is 0 Å². The molecule has 1 aliphatic heterocycles. The lowest BCUT2D eigenvalue weighted by Gasteiger charge is -2.34. The van der Waals surface area contributed by atoms with Crippen LogP contribution in [0.15, 0.2) is 112 Å². The minimum atomic E-state index is -0.320. The van der Waals surface area contributed by atoms with Gasteiger partial charge in [0.15, 0.2) is 0 Å². The molecule has 28 heavy (non-hydrogen) atoms. The Balaban J connectivity index is 1.86. The van der Waals surface area contributed by atoms with Crippen LogP contribution in [0.4, 0.5) is 0 Å². The van der Waals surface area contributed by atoms with E-state index in [9.17, 15) is 9.59 Å². The molecule has 0 saturated heterocycles. The van der Waals surface area contributed by atoms with Crippen LogP contribution < -0.4 is 11.4 Å². The minimum Gasteiger partial charge on any atom is -0.245 e. The van der Waals surface area contributed by atoms with Gasteiger partial charge in [-0.1, -0.05) is 79.0 Å². The van der Waals surface area contributed by atoms with Gasteiger partial charge in [0.05, 0.1) is 17.8 Å². The maximum atomic E-state index is 13.4. The average molecular weight is 369 g/mol. The van der Waals surface area contributed by atoms with Crippen molar-refractivity contribution in [2.75, 3.05) is 0 Å². The van der Waals surface area contributed by atoms with Crippen LogP contribution in [0.25, 0.3) is 5.69 Å². The maximum Gasteiger partial charge on any atom is 0.352 e. The van der Waals surface area contributed by atoms with Gasteiger partial charge in [-0.25, -0.2) is 23.5 Å². The first-order chi connectivity index (χ1) is 13.8. The monoisotopic (exact) mass is 369 g/mol. The third-order valence-electron chi connectivity index (χ3n) is 5.38. The predicted molar refractivity (Wildman–Crippen MR) is 110 cm³/mol. The molecular formula is C23H19N3O2. The second kappa shape index (κ2) is 6.53. The van der Waals surface area contributed by atoms with Gasteiger partial charge >= 0.3 is 11.4 Å². The fourth-order valence-electron chi connectivity index (χ4n) is 4.15. The molecule has 2 aromatic rings. The van der Waals surface area contributed by atoms with E-state index in [1.807, 2.05) is 72.9 Å². The highest BCUT2D eigenvalue weighted by molar-refractivity contribution is 5.48. The Morgan fingerprint density at radius 1 is 0.750 bits per heavy atom. The van der Waals surface area contributed by atoms with Gasteiger partial charge in [0.25, 0.3) is 0 Å². The Bertz CT molecular complexity index is 1230. The Morgan fingerprint density at radius 3 is 2.29 bits per heavy atom. The van der Waals surface area contributed by atoms with E-state index in [0.717, 1.165) is 11.1 Å². The number of rotatable bonds is 1. The highest BCUT2D eigenvalue weighted by Crippen LogP contribution is 2.40. The summed E-state index contributed by atoms with van der Waals surface area (Å²) in [6.07, 6.45) is 20.6. The van der Waals surface area contributed by atoms with E-state index in [1.54, 1.807) is 21.5 Å². The summed E-state index contributed by atoms with van der Waals surface area (Å²) >= 11 is 0.